The summed E-state index contributed by atoms with van der Waals surface area (Å²) in [4.78, 5) is 27.9. The second-order valence-corrected chi connectivity index (χ2v) is 8.24. The number of benzene rings is 2. The summed E-state index contributed by atoms with van der Waals surface area (Å²) in [6, 6.07) is 14.7. The van der Waals surface area contributed by atoms with Gasteiger partial charge in [0.15, 0.2) is 0 Å². The Labute approximate surface area is 187 Å². The number of rotatable bonds is 5. The van der Waals surface area contributed by atoms with Crippen molar-refractivity contribution in [3.05, 3.63) is 86.7 Å². The van der Waals surface area contributed by atoms with E-state index in [0.717, 1.165) is 29.2 Å². The Kier molecular flexibility index (Phi) is 6.05. The monoisotopic (exact) mass is 433 g/mol. The number of amides is 1. The SMILES string of the molecule is Cc1ccc([N+](=O)[O-])c(C(=O)N2CCN(Cc3c(C)nn(-c4ccccc4)c3C)CC2)c1. The summed E-state index contributed by atoms with van der Waals surface area (Å²) in [5.41, 5.74) is 5.21. The molecule has 0 bridgehead atoms. The van der Waals surface area contributed by atoms with Crippen molar-refractivity contribution in [2.24, 2.45) is 0 Å². The molecule has 0 saturated carbocycles. The van der Waals surface area contributed by atoms with Crippen molar-refractivity contribution >= 4 is 11.6 Å². The van der Waals surface area contributed by atoms with Crippen molar-refractivity contribution in [2.45, 2.75) is 27.3 Å². The van der Waals surface area contributed by atoms with Crippen LogP contribution in [0.1, 0.15) is 32.9 Å². The van der Waals surface area contributed by atoms with Crippen molar-refractivity contribution in [1.29, 1.82) is 0 Å². The number of aryl methyl sites for hydroxylation is 2. The second-order valence-electron chi connectivity index (χ2n) is 8.24. The predicted molar refractivity (Wildman–Crippen MR) is 122 cm³/mol. The Bertz CT molecular complexity index is 1150. The molecule has 0 N–H and O–H groups in total. The van der Waals surface area contributed by atoms with Crippen molar-refractivity contribution < 1.29 is 9.72 Å². The van der Waals surface area contributed by atoms with Crippen molar-refractivity contribution in [1.82, 2.24) is 19.6 Å². The van der Waals surface area contributed by atoms with Crippen LogP contribution in [0.3, 0.4) is 0 Å². The van der Waals surface area contributed by atoms with E-state index in [1.165, 1.54) is 11.6 Å². The molecule has 1 aromatic heterocycles. The molecule has 2 aromatic carbocycles. The highest BCUT2D eigenvalue weighted by atomic mass is 16.6. The summed E-state index contributed by atoms with van der Waals surface area (Å²) in [5, 5.41) is 16.1. The number of piperazine rings is 1. The summed E-state index contributed by atoms with van der Waals surface area (Å²) in [7, 11) is 0. The van der Waals surface area contributed by atoms with Crippen molar-refractivity contribution in [2.75, 3.05) is 26.2 Å². The van der Waals surface area contributed by atoms with Crippen molar-refractivity contribution in [3.63, 3.8) is 0 Å². The first kappa shape index (κ1) is 21.7. The maximum absolute atomic E-state index is 13.0. The molecular formula is C24H27N5O3. The fourth-order valence-corrected chi connectivity index (χ4v) is 4.21. The maximum atomic E-state index is 13.0. The lowest BCUT2D eigenvalue weighted by Gasteiger charge is -2.34. The van der Waals surface area contributed by atoms with Crippen LogP contribution in [-0.2, 0) is 6.54 Å². The predicted octanol–water partition coefficient (Wildman–Crippen LogP) is 3.66. The number of nitro groups is 1. The zero-order valence-corrected chi connectivity index (χ0v) is 18.6. The Morgan fingerprint density at radius 1 is 1.03 bits per heavy atom. The van der Waals surface area contributed by atoms with Gasteiger partial charge < -0.3 is 4.90 Å². The first-order chi connectivity index (χ1) is 15.3. The van der Waals surface area contributed by atoms with Gasteiger partial charge in [-0.2, -0.15) is 5.10 Å². The number of carbonyl (C=O) groups excluding carboxylic acids is 1. The molecule has 1 fully saturated rings. The lowest BCUT2D eigenvalue weighted by molar-refractivity contribution is -0.385. The lowest BCUT2D eigenvalue weighted by Crippen LogP contribution is -2.48. The third kappa shape index (κ3) is 4.27. The molecule has 1 saturated heterocycles. The molecule has 3 aromatic rings. The molecule has 8 nitrogen and oxygen atoms in total. The molecule has 166 valence electrons. The summed E-state index contributed by atoms with van der Waals surface area (Å²) >= 11 is 0. The normalized spacial score (nSPS) is 14.5. The van der Waals surface area contributed by atoms with Gasteiger partial charge in [0, 0.05) is 50.0 Å². The number of carbonyl (C=O) groups is 1. The topological polar surface area (TPSA) is 84.5 Å². The second kappa shape index (κ2) is 8.92. The number of aromatic nitrogens is 2. The lowest BCUT2D eigenvalue weighted by atomic mass is 10.1. The first-order valence-corrected chi connectivity index (χ1v) is 10.7. The molecule has 0 unspecified atom stereocenters. The number of nitrogens with zero attached hydrogens (tertiary/aromatic N) is 5. The third-order valence-electron chi connectivity index (χ3n) is 6.06. The van der Waals surface area contributed by atoms with E-state index >= 15 is 0 Å². The minimum atomic E-state index is -0.487. The summed E-state index contributed by atoms with van der Waals surface area (Å²) in [6.45, 7) is 9.19. The average molecular weight is 434 g/mol. The molecule has 1 aliphatic rings. The van der Waals surface area contributed by atoms with E-state index in [0.29, 0.717) is 26.2 Å². The Hall–Kier alpha value is -3.52. The molecule has 1 amide bonds. The van der Waals surface area contributed by atoms with Crippen LogP contribution in [0.4, 0.5) is 5.69 Å². The molecule has 1 aliphatic heterocycles. The first-order valence-electron chi connectivity index (χ1n) is 10.7. The smallest absolute Gasteiger partial charge is 0.282 e. The van der Waals surface area contributed by atoms with Crippen molar-refractivity contribution in [3.8, 4) is 5.69 Å². The van der Waals surface area contributed by atoms with Gasteiger partial charge >= 0.3 is 0 Å². The van der Waals surface area contributed by atoms with Crippen LogP contribution in [0.15, 0.2) is 48.5 Å². The zero-order valence-electron chi connectivity index (χ0n) is 18.6. The van der Waals surface area contributed by atoms with Crippen LogP contribution in [0, 0.1) is 30.9 Å². The highest BCUT2D eigenvalue weighted by Gasteiger charge is 2.28. The zero-order chi connectivity index (χ0) is 22.8. The largest absolute Gasteiger partial charge is 0.336 e. The van der Waals surface area contributed by atoms with E-state index in [2.05, 4.69) is 11.8 Å². The minimum absolute atomic E-state index is 0.136. The van der Waals surface area contributed by atoms with Gasteiger partial charge in [-0.3, -0.25) is 19.8 Å². The summed E-state index contributed by atoms with van der Waals surface area (Å²) < 4.78 is 1.97. The van der Waals surface area contributed by atoms with Gasteiger partial charge in [0.05, 0.1) is 16.3 Å². The molecule has 0 spiro atoms. The highest BCUT2D eigenvalue weighted by Crippen LogP contribution is 2.24. The van der Waals surface area contributed by atoms with Crippen LogP contribution < -0.4 is 0 Å². The van der Waals surface area contributed by atoms with Crippen LogP contribution in [-0.4, -0.2) is 56.6 Å². The van der Waals surface area contributed by atoms with Gasteiger partial charge in [-0.25, -0.2) is 4.68 Å². The van der Waals surface area contributed by atoms with Crippen LogP contribution in [0.5, 0.6) is 0 Å². The van der Waals surface area contributed by atoms with Crippen LogP contribution in [0.2, 0.25) is 0 Å². The standard InChI is InChI=1S/C24H27N5O3/c1-17-9-10-23(29(31)32)21(15-17)24(30)27-13-11-26(12-14-27)16-22-18(2)25-28(19(22)3)20-7-5-4-6-8-20/h4-10,15H,11-14,16H2,1-3H3. The summed E-state index contributed by atoms with van der Waals surface area (Å²) in [6.07, 6.45) is 0. The van der Waals surface area contributed by atoms with E-state index < -0.39 is 4.92 Å². The van der Waals surface area contributed by atoms with E-state index in [9.17, 15) is 14.9 Å². The fourth-order valence-electron chi connectivity index (χ4n) is 4.21. The van der Waals surface area contributed by atoms with E-state index in [1.54, 1.807) is 17.0 Å². The third-order valence-corrected chi connectivity index (χ3v) is 6.06. The Morgan fingerprint density at radius 3 is 2.38 bits per heavy atom. The molecular weight excluding hydrogens is 406 g/mol. The molecule has 2 heterocycles. The Morgan fingerprint density at radius 2 is 1.72 bits per heavy atom. The number of hydrogen-bond acceptors (Lipinski definition) is 5. The van der Waals surface area contributed by atoms with Crippen LogP contribution in [0.25, 0.3) is 5.69 Å². The average Bonchev–Trinajstić information content (AvgIpc) is 3.07. The summed E-state index contributed by atoms with van der Waals surface area (Å²) in [5.74, 6) is -0.274. The number of nitro benzene ring substituents is 1. The van der Waals surface area contributed by atoms with E-state index in [1.807, 2.05) is 48.9 Å². The van der Waals surface area contributed by atoms with Gasteiger partial charge in [0.1, 0.15) is 5.56 Å². The highest BCUT2D eigenvalue weighted by molar-refractivity contribution is 5.98. The number of hydrogen-bond donors (Lipinski definition) is 0. The number of para-hydroxylation sites is 1. The molecule has 32 heavy (non-hydrogen) atoms. The molecule has 4 rings (SSSR count). The molecule has 0 radical (unpaired) electrons. The van der Waals surface area contributed by atoms with Gasteiger partial charge in [0.25, 0.3) is 11.6 Å². The molecule has 8 heteroatoms. The molecule has 0 aliphatic carbocycles. The molecule has 0 atom stereocenters. The van der Waals surface area contributed by atoms with Gasteiger partial charge in [-0.1, -0.05) is 24.3 Å². The van der Waals surface area contributed by atoms with Gasteiger partial charge in [-0.05, 0) is 44.5 Å². The van der Waals surface area contributed by atoms with E-state index in [4.69, 9.17) is 5.10 Å². The Balaban J connectivity index is 1.44. The van der Waals surface area contributed by atoms with E-state index in [-0.39, 0.29) is 17.2 Å². The van der Waals surface area contributed by atoms with Gasteiger partial charge in [0.2, 0.25) is 0 Å². The van der Waals surface area contributed by atoms with Gasteiger partial charge in [-0.15, -0.1) is 0 Å². The quantitative estimate of drug-likeness (QED) is 0.453. The maximum Gasteiger partial charge on any atom is 0.282 e. The fraction of sp³-hybridized carbons (Fsp3) is 0.333. The van der Waals surface area contributed by atoms with Crippen LogP contribution >= 0.6 is 0 Å². The minimum Gasteiger partial charge on any atom is -0.336 e.